The molecule has 0 heteroatoms. The quantitative estimate of drug-likeness (QED) is 0.476. The van der Waals surface area contributed by atoms with Gasteiger partial charge in [-0.1, -0.05) is 65.2 Å². The summed E-state index contributed by atoms with van der Waals surface area (Å²) in [5.74, 6) is -0.762. The summed E-state index contributed by atoms with van der Waals surface area (Å²) >= 11 is 0. The van der Waals surface area contributed by atoms with Gasteiger partial charge in [0.25, 0.3) is 0 Å². The Kier molecular flexibility index (Phi) is 4.13. The van der Waals surface area contributed by atoms with Crippen LogP contribution in [0.15, 0.2) is 0 Å². The van der Waals surface area contributed by atoms with Gasteiger partial charge in [0, 0.05) is 2.74 Å². The summed E-state index contributed by atoms with van der Waals surface area (Å²) in [7, 11) is 0. The van der Waals surface area contributed by atoms with Crippen LogP contribution < -0.4 is 0 Å². The summed E-state index contributed by atoms with van der Waals surface area (Å²) in [6, 6.07) is 0. The second-order valence-corrected chi connectivity index (χ2v) is 4.30. The Balaban J connectivity index is 2.12. The fourth-order valence-corrected chi connectivity index (χ4v) is 1.99. The Bertz CT molecular complexity index is 193. The van der Waals surface area contributed by atoms with Crippen molar-refractivity contribution in [3.8, 4) is 0 Å². The van der Waals surface area contributed by atoms with Crippen molar-refractivity contribution in [1.29, 1.82) is 0 Å². The van der Waals surface area contributed by atoms with Crippen LogP contribution >= 0.6 is 0 Å². The molecule has 0 aromatic heterocycles. The van der Waals surface area contributed by atoms with E-state index in [4.69, 9.17) is 2.74 Å². The van der Waals surface area contributed by atoms with Gasteiger partial charge in [-0.25, -0.2) is 0 Å². The minimum atomic E-state index is -0.382. The van der Waals surface area contributed by atoms with Gasteiger partial charge in [0.05, 0.1) is 0 Å². The van der Waals surface area contributed by atoms with E-state index in [0.717, 1.165) is 32.1 Å². The molecule has 0 heterocycles. The van der Waals surface area contributed by atoms with Crippen molar-refractivity contribution < 1.29 is 2.74 Å². The highest BCUT2D eigenvalue weighted by Crippen LogP contribution is 2.45. The third-order valence-corrected chi connectivity index (χ3v) is 2.94. The predicted octanol–water partition coefficient (Wildman–Crippen LogP) is 4.78. The smallest absolute Gasteiger partial charge is 0.0306 e. The fraction of sp³-hybridized carbons (Fsp3) is 1.00. The summed E-state index contributed by atoms with van der Waals surface area (Å²) in [5.41, 5.74) is 0. The number of unbranched alkanes of at least 4 members (excludes halogenated alkanes) is 4. The van der Waals surface area contributed by atoms with E-state index in [0.29, 0.717) is 0 Å². The molecule has 0 nitrogen and oxygen atoms in total. The SMILES string of the molecule is [2H]C1(CCC)CC1([2H])CCCCCCC. The van der Waals surface area contributed by atoms with Crippen LogP contribution in [0.5, 0.6) is 0 Å². The molecule has 2 unspecified atom stereocenters. The molecule has 0 aromatic carbocycles. The summed E-state index contributed by atoms with van der Waals surface area (Å²) < 4.78 is 16.3. The molecule has 1 rings (SSSR count). The zero-order chi connectivity index (χ0) is 11.4. The highest BCUT2D eigenvalue weighted by Gasteiger charge is 2.34. The van der Waals surface area contributed by atoms with Gasteiger partial charge in [0.1, 0.15) is 0 Å². The van der Waals surface area contributed by atoms with Gasteiger partial charge < -0.3 is 0 Å². The van der Waals surface area contributed by atoms with Crippen molar-refractivity contribution in [3.63, 3.8) is 0 Å². The van der Waals surface area contributed by atoms with Crippen LogP contribution in [-0.2, 0) is 0 Å². The molecule has 0 bridgehead atoms. The molecule has 0 N–H and O–H groups in total. The minimum absolute atomic E-state index is 0.380. The third kappa shape index (κ3) is 4.69. The number of hydrogen-bond acceptors (Lipinski definition) is 0. The predicted molar refractivity (Wildman–Crippen MR) is 59.9 cm³/mol. The minimum Gasteiger partial charge on any atom is -0.0654 e. The van der Waals surface area contributed by atoms with Crippen LogP contribution in [0, 0.1) is 11.8 Å². The van der Waals surface area contributed by atoms with Gasteiger partial charge in [-0.3, -0.25) is 0 Å². The lowest BCUT2D eigenvalue weighted by atomic mass is 10.1. The van der Waals surface area contributed by atoms with E-state index in [-0.39, 0.29) is 11.8 Å². The lowest BCUT2D eigenvalue weighted by molar-refractivity contribution is 0.542. The maximum atomic E-state index is 8.19. The summed E-state index contributed by atoms with van der Waals surface area (Å²) in [6.07, 6.45) is 10.1. The normalized spacial score (nSPS) is 39.8. The van der Waals surface area contributed by atoms with E-state index < -0.39 is 0 Å². The summed E-state index contributed by atoms with van der Waals surface area (Å²) in [5, 5.41) is 0. The molecule has 1 aliphatic carbocycles. The molecule has 0 aromatic rings. The zero-order valence-electron chi connectivity index (χ0n) is 11.4. The highest BCUT2D eigenvalue weighted by atomic mass is 14.4. The molecule has 0 radical (unpaired) electrons. The first-order valence-electron chi connectivity index (χ1n) is 7.08. The topological polar surface area (TPSA) is 0 Å². The molecular formula is C13H26. The van der Waals surface area contributed by atoms with Gasteiger partial charge in [-0.15, -0.1) is 0 Å². The Hall–Kier alpha value is 0. The van der Waals surface area contributed by atoms with E-state index in [2.05, 4.69) is 13.8 Å². The van der Waals surface area contributed by atoms with Crippen molar-refractivity contribution in [2.45, 2.75) is 71.6 Å². The van der Waals surface area contributed by atoms with Crippen LogP contribution in [0.3, 0.4) is 0 Å². The van der Waals surface area contributed by atoms with Crippen LogP contribution in [0.2, 0.25) is 0 Å². The van der Waals surface area contributed by atoms with E-state index in [1.807, 2.05) is 0 Å². The van der Waals surface area contributed by atoms with Crippen LogP contribution in [-0.4, -0.2) is 0 Å². The number of hydrogen-bond donors (Lipinski definition) is 0. The molecule has 78 valence electrons. The van der Waals surface area contributed by atoms with Gasteiger partial charge >= 0.3 is 0 Å². The summed E-state index contributed by atoms with van der Waals surface area (Å²) in [6.45, 7) is 4.35. The van der Waals surface area contributed by atoms with Gasteiger partial charge in [-0.05, 0) is 18.2 Å². The molecular weight excluding hydrogens is 156 g/mol. The highest BCUT2D eigenvalue weighted by molar-refractivity contribution is 4.85. The molecule has 1 fully saturated rings. The second kappa shape index (κ2) is 6.45. The van der Waals surface area contributed by atoms with Crippen LogP contribution in [0.4, 0.5) is 0 Å². The van der Waals surface area contributed by atoms with Crippen LogP contribution in [0.25, 0.3) is 0 Å². The molecule has 1 aliphatic rings. The molecule has 13 heavy (non-hydrogen) atoms. The third-order valence-electron chi connectivity index (χ3n) is 2.94. The Morgan fingerprint density at radius 1 is 0.923 bits per heavy atom. The molecule has 0 spiro atoms. The monoisotopic (exact) mass is 184 g/mol. The Morgan fingerprint density at radius 2 is 1.62 bits per heavy atom. The Labute approximate surface area is 86.9 Å². The standard InChI is InChI=1S/C13H26/c1-3-5-6-7-8-10-13-11-12(13)9-4-2/h12-13H,3-11H2,1-2H3/i12D,13D. The van der Waals surface area contributed by atoms with E-state index >= 15 is 0 Å². The van der Waals surface area contributed by atoms with Gasteiger partial charge in [-0.2, -0.15) is 0 Å². The van der Waals surface area contributed by atoms with Gasteiger partial charge in [0.15, 0.2) is 0 Å². The lowest BCUT2D eigenvalue weighted by Gasteiger charge is -1.99. The van der Waals surface area contributed by atoms with Crippen molar-refractivity contribution in [2.75, 3.05) is 0 Å². The van der Waals surface area contributed by atoms with Crippen LogP contribution in [0.1, 0.15) is 74.4 Å². The number of rotatable bonds is 8. The second-order valence-electron chi connectivity index (χ2n) is 4.30. The van der Waals surface area contributed by atoms with E-state index in [1.165, 1.54) is 25.7 Å². The van der Waals surface area contributed by atoms with Crippen molar-refractivity contribution in [1.82, 2.24) is 0 Å². The van der Waals surface area contributed by atoms with E-state index in [9.17, 15) is 0 Å². The van der Waals surface area contributed by atoms with Crippen molar-refractivity contribution >= 4 is 0 Å². The first-order valence-corrected chi connectivity index (χ1v) is 6.08. The fourth-order valence-electron chi connectivity index (χ4n) is 1.99. The molecule has 0 amide bonds. The summed E-state index contributed by atoms with van der Waals surface area (Å²) in [4.78, 5) is 0. The Morgan fingerprint density at radius 3 is 2.31 bits per heavy atom. The van der Waals surface area contributed by atoms with Crippen molar-refractivity contribution in [3.05, 3.63) is 0 Å². The average molecular weight is 184 g/mol. The van der Waals surface area contributed by atoms with E-state index in [1.54, 1.807) is 0 Å². The largest absolute Gasteiger partial charge is 0.0654 e. The maximum Gasteiger partial charge on any atom is 0.0306 e. The average Bonchev–Trinajstić information content (AvgIpc) is 2.69. The zero-order valence-corrected chi connectivity index (χ0v) is 9.36. The molecule has 0 saturated heterocycles. The molecule has 0 aliphatic heterocycles. The first-order chi connectivity index (χ1) is 7.08. The van der Waals surface area contributed by atoms with Gasteiger partial charge in [0.2, 0.25) is 0 Å². The molecule has 2 atom stereocenters. The lowest BCUT2D eigenvalue weighted by Crippen LogP contribution is -1.84. The molecule has 1 saturated carbocycles. The van der Waals surface area contributed by atoms with Crippen molar-refractivity contribution in [2.24, 2.45) is 11.8 Å². The first kappa shape index (κ1) is 8.32. The maximum absolute atomic E-state index is 8.19.